The van der Waals surface area contributed by atoms with Crippen LogP contribution in [-0.4, -0.2) is 99.6 Å². The lowest BCUT2D eigenvalue weighted by molar-refractivity contribution is -0.305. The molecule has 0 aromatic rings. The predicted octanol–water partition coefficient (Wildman–Crippen LogP) is 20.0. The lowest BCUT2D eigenvalue weighted by Gasteiger charge is -2.41. The van der Waals surface area contributed by atoms with E-state index in [0.29, 0.717) is 12.8 Å². The van der Waals surface area contributed by atoms with Gasteiger partial charge in [-0.1, -0.05) is 310 Å². The summed E-state index contributed by atoms with van der Waals surface area (Å²) in [5.74, 6) is -1.21. The van der Waals surface area contributed by atoms with Gasteiger partial charge < -0.3 is 45.1 Å². The molecule has 8 atom stereocenters. The monoisotopic (exact) mass is 1270 g/mol. The summed E-state index contributed by atoms with van der Waals surface area (Å²) >= 11 is 0. The minimum absolute atomic E-state index is 0.114. The molecule has 6 N–H and O–H groups in total. The Morgan fingerprint density at radius 2 is 0.758 bits per heavy atom. The number of allylic oxidation sites excluding steroid dienone is 17. The molecule has 91 heavy (non-hydrogen) atoms. The fraction of sp³-hybridized carbons (Fsp3) is 0.750. The Hall–Kier alpha value is -3.68. The smallest absolute Gasteiger partial charge is 0.306 e. The van der Waals surface area contributed by atoms with Crippen LogP contribution >= 0.6 is 0 Å². The van der Waals surface area contributed by atoms with Crippen molar-refractivity contribution >= 4 is 11.9 Å². The first kappa shape index (κ1) is 85.3. The molecule has 1 amide bonds. The Kier molecular flexibility index (Phi) is 62.2. The van der Waals surface area contributed by atoms with Crippen LogP contribution in [0.5, 0.6) is 0 Å². The molecule has 8 unspecified atom stereocenters. The van der Waals surface area contributed by atoms with Gasteiger partial charge in [0.15, 0.2) is 12.4 Å². The second kappa shape index (κ2) is 66.3. The van der Waals surface area contributed by atoms with Gasteiger partial charge in [-0.05, 0) is 116 Å². The van der Waals surface area contributed by atoms with Gasteiger partial charge in [0.2, 0.25) is 5.91 Å². The van der Waals surface area contributed by atoms with Crippen LogP contribution in [0.1, 0.15) is 323 Å². The summed E-state index contributed by atoms with van der Waals surface area (Å²) in [6.45, 7) is 5.76. The number of nitrogens with one attached hydrogen (secondary N) is 1. The molecule has 1 fully saturated rings. The maximum atomic E-state index is 13.5. The molecule has 1 aliphatic rings. The number of rotatable bonds is 64. The Labute approximate surface area is 558 Å². The maximum absolute atomic E-state index is 13.5. The van der Waals surface area contributed by atoms with E-state index >= 15 is 0 Å². The molecule has 0 spiro atoms. The number of ether oxygens (including phenoxy) is 3. The molecule has 0 bridgehead atoms. The van der Waals surface area contributed by atoms with Crippen LogP contribution in [0, 0.1) is 0 Å². The van der Waals surface area contributed by atoms with E-state index in [1.54, 1.807) is 6.08 Å². The number of esters is 1. The number of aliphatic hydroxyl groups is 5. The first-order chi connectivity index (χ1) is 44.7. The van der Waals surface area contributed by atoms with Crippen LogP contribution < -0.4 is 5.32 Å². The lowest BCUT2D eigenvalue weighted by atomic mass is 9.99. The van der Waals surface area contributed by atoms with Crippen molar-refractivity contribution in [3.05, 3.63) is 109 Å². The van der Waals surface area contributed by atoms with Crippen molar-refractivity contribution in [1.29, 1.82) is 0 Å². The van der Waals surface area contributed by atoms with Crippen molar-refractivity contribution in [2.75, 3.05) is 13.2 Å². The van der Waals surface area contributed by atoms with Crippen molar-refractivity contribution in [2.45, 2.75) is 372 Å². The van der Waals surface area contributed by atoms with Gasteiger partial charge in [0.25, 0.3) is 0 Å². The predicted molar refractivity (Wildman–Crippen MR) is 384 cm³/mol. The number of hydrogen-bond donors (Lipinski definition) is 6. The van der Waals surface area contributed by atoms with Gasteiger partial charge in [-0.2, -0.15) is 0 Å². The van der Waals surface area contributed by atoms with Crippen molar-refractivity contribution in [2.24, 2.45) is 0 Å². The van der Waals surface area contributed by atoms with E-state index in [0.717, 1.165) is 122 Å². The number of amides is 1. The Morgan fingerprint density at radius 3 is 1.15 bits per heavy atom. The lowest BCUT2D eigenvalue weighted by Crippen LogP contribution is -2.61. The topological polar surface area (TPSA) is 175 Å². The molecular weight excluding hydrogens is 1130 g/mol. The molecule has 11 nitrogen and oxygen atoms in total. The average Bonchev–Trinajstić information content (AvgIpc) is 1.11. The molecule has 1 saturated heterocycles. The second-order valence-corrected chi connectivity index (χ2v) is 25.7. The summed E-state index contributed by atoms with van der Waals surface area (Å²) in [5.41, 5.74) is 0. The highest BCUT2D eigenvalue weighted by Crippen LogP contribution is 2.26. The second-order valence-electron chi connectivity index (χ2n) is 25.7. The number of unbranched alkanes of at least 4 members (excludes halogenated alkanes) is 34. The van der Waals surface area contributed by atoms with Crippen LogP contribution in [0.15, 0.2) is 109 Å². The normalized spacial score (nSPS) is 18.6. The molecule has 11 heteroatoms. The van der Waals surface area contributed by atoms with Crippen LogP contribution in [0.2, 0.25) is 0 Å². The van der Waals surface area contributed by atoms with Gasteiger partial charge >= 0.3 is 5.97 Å². The quantitative estimate of drug-likeness (QED) is 0.0195. The molecule has 0 aliphatic carbocycles. The summed E-state index contributed by atoms with van der Waals surface area (Å²) in [4.78, 5) is 26.7. The zero-order chi connectivity index (χ0) is 66.0. The van der Waals surface area contributed by atoms with Crippen LogP contribution in [0.3, 0.4) is 0 Å². The third-order valence-electron chi connectivity index (χ3n) is 17.1. The molecule has 0 saturated carbocycles. The molecule has 0 aromatic heterocycles. The highest BCUT2D eigenvalue weighted by Gasteiger charge is 2.47. The third kappa shape index (κ3) is 53.3. The van der Waals surface area contributed by atoms with Gasteiger partial charge in [-0.15, -0.1) is 0 Å². The van der Waals surface area contributed by atoms with Gasteiger partial charge in [0.1, 0.15) is 24.4 Å². The van der Waals surface area contributed by atoms with Gasteiger partial charge in [0, 0.05) is 6.42 Å². The molecule has 1 rings (SSSR count). The standard InChI is InChI=1S/C80H139NO10/c1-4-7-10-13-16-19-22-25-27-29-31-33-35-36-37-38-39-41-43-45-47-50-53-56-59-62-65-68-75(85)91-78-77(87)76(86)74(69-82)90-80(78)89-70-71(72(83)66-63-60-57-54-51-48-24-21-18-15-12-9-6-3)81-79(88)73(84)67-64-61-58-55-52-49-46-44-42-40-34-32-30-28-26-23-20-17-14-11-8-5-2/h16-17,19-20,25-28,31-34,36-37,42,44,63,66,71-74,76-78,80,82-84,86-87H,4-15,18,21-24,29-30,35,38-41,43,45-62,64-65,67-70H2,1-3H3,(H,81,88)/b19-16-,20-17-,27-25-,28-26-,33-31-,34-32-,37-36-,44-42-,66-63+. The largest absolute Gasteiger partial charge is 0.454 e. The highest BCUT2D eigenvalue weighted by molar-refractivity contribution is 5.80. The van der Waals surface area contributed by atoms with E-state index in [2.05, 4.69) is 123 Å². The zero-order valence-electron chi connectivity index (χ0n) is 58.4. The van der Waals surface area contributed by atoms with Crippen molar-refractivity contribution in [3.8, 4) is 0 Å². The van der Waals surface area contributed by atoms with Crippen LogP contribution in [0.25, 0.3) is 0 Å². The van der Waals surface area contributed by atoms with Crippen molar-refractivity contribution in [3.63, 3.8) is 0 Å². The number of hydrogen-bond acceptors (Lipinski definition) is 10. The summed E-state index contributed by atoms with van der Waals surface area (Å²) in [6.07, 6.45) is 81.2. The van der Waals surface area contributed by atoms with Gasteiger partial charge in [-0.3, -0.25) is 9.59 Å². The van der Waals surface area contributed by atoms with E-state index < -0.39 is 67.4 Å². The van der Waals surface area contributed by atoms with Crippen LogP contribution in [-0.2, 0) is 23.8 Å². The van der Waals surface area contributed by atoms with E-state index in [1.165, 1.54) is 154 Å². The first-order valence-corrected chi connectivity index (χ1v) is 37.7. The minimum Gasteiger partial charge on any atom is -0.454 e. The van der Waals surface area contributed by atoms with E-state index in [-0.39, 0.29) is 19.4 Å². The number of carbonyl (C=O) groups is 2. The van der Waals surface area contributed by atoms with Gasteiger partial charge in [-0.25, -0.2) is 0 Å². The zero-order valence-corrected chi connectivity index (χ0v) is 58.4. The molecule has 0 radical (unpaired) electrons. The molecular formula is C80H139NO10. The highest BCUT2D eigenvalue weighted by atomic mass is 16.7. The molecule has 0 aromatic carbocycles. The van der Waals surface area contributed by atoms with E-state index in [4.69, 9.17) is 14.2 Å². The van der Waals surface area contributed by atoms with Crippen molar-refractivity contribution in [1.82, 2.24) is 5.32 Å². The Balaban J connectivity index is 2.57. The third-order valence-corrected chi connectivity index (χ3v) is 17.1. The number of aliphatic hydroxyl groups excluding tert-OH is 5. The summed E-state index contributed by atoms with van der Waals surface area (Å²) in [5, 5.41) is 57.4. The van der Waals surface area contributed by atoms with E-state index in [9.17, 15) is 35.1 Å². The maximum Gasteiger partial charge on any atom is 0.306 e. The summed E-state index contributed by atoms with van der Waals surface area (Å²) < 4.78 is 17.7. The average molecular weight is 1270 g/mol. The SMILES string of the molecule is CCCCC/C=C\C/C=C\C/C=C\C/C=C\CCCCCCCCCCCCCC(=O)OC1C(OCC(NC(=O)C(O)CCCCCCCC/C=C\C/C=C\C/C=C\C/C=C\CCCCC)C(O)/C=C/CCCCCCCCCCCCC)OC(CO)C(O)C1O. The minimum atomic E-state index is -1.62. The van der Waals surface area contributed by atoms with E-state index in [1.807, 2.05) is 6.08 Å². The number of carbonyl (C=O) groups excluding carboxylic acids is 2. The van der Waals surface area contributed by atoms with Crippen LogP contribution in [0.4, 0.5) is 0 Å². The first-order valence-electron chi connectivity index (χ1n) is 37.7. The molecule has 524 valence electrons. The van der Waals surface area contributed by atoms with Gasteiger partial charge in [0.05, 0.1) is 25.4 Å². The Morgan fingerprint density at radius 1 is 0.429 bits per heavy atom. The molecule has 1 aliphatic heterocycles. The summed E-state index contributed by atoms with van der Waals surface area (Å²) in [6, 6.07) is -1.04. The summed E-state index contributed by atoms with van der Waals surface area (Å²) in [7, 11) is 0. The molecule has 1 heterocycles. The van der Waals surface area contributed by atoms with Crippen molar-refractivity contribution < 1.29 is 49.3 Å². The fourth-order valence-electron chi connectivity index (χ4n) is 11.2. The Bertz CT molecular complexity index is 1900. The fourth-order valence-corrected chi connectivity index (χ4v) is 11.2.